The summed E-state index contributed by atoms with van der Waals surface area (Å²) in [5.41, 5.74) is -1.94. The first-order chi connectivity index (χ1) is 12.1. The van der Waals surface area contributed by atoms with E-state index in [0.29, 0.717) is 0 Å². The van der Waals surface area contributed by atoms with Crippen LogP contribution in [-0.2, 0) is 18.1 Å². The van der Waals surface area contributed by atoms with Gasteiger partial charge in [-0.3, -0.25) is 14.9 Å². The van der Waals surface area contributed by atoms with E-state index in [9.17, 15) is 18.0 Å². The topological polar surface area (TPSA) is 97.5 Å². The Morgan fingerprint density at radius 3 is 2.69 bits per heavy atom. The fourth-order valence-electron chi connectivity index (χ4n) is 1.79. The third-order valence-electron chi connectivity index (χ3n) is 3.15. The minimum Gasteiger partial charge on any atom is -0.289 e. The van der Waals surface area contributed by atoms with Crippen molar-refractivity contribution in [3.8, 4) is 0 Å². The first-order valence-electron chi connectivity index (χ1n) is 6.89. The molecule has 1 aromatic heterocycles. The number of hydroxylamine groups is 2. The summed E-state index contributed by atoms with van der Waals surface area (Å²) in [4.78, 5) is 20.8. The number of carbonyl (C=O) groups is 1. The van der Waals surface area contributed by atoms with Crippen molar-refractivity contribution in [2.45, 2.75) is 6.18 Å². The number of nitrogens with zero attached hydrogens (tertiary/aromatic N) is 6. The van der Waals surface area contributed by atoms with Crippen molar-refractivity contribution in [3.05, 3.63) is 28.3 Å². The van der Waals surface area contributed by atoms with Gasteiger partial charge in [0.25, 0.3) is 5.91 Å². The lowest BCUT2D eigenvalue weighted by Gasteiger charge is -2.15. The molecule has 0 fully saturated rings. The zero-order chi connectivity index (χ0) is 19.5. The molecule has 1 heterocycles. The normalized spacial score (nSPS) is 11.8. The highest BCUT2D eigenvalue weighted by molar-refractivity contribution is 6.37. The van der Waals surface area contributed by atoms with E-state index < -0.39 is 28.4 Å². The molecule has 13 heteroatoms. The van der Waals surface area contributed by atoms with Crippen LogP contribution in [0.25, 0.3) is 0 Å². The van der Waals surface area contributed by atoms with Gasteiger partial charge in [0.2, 0.25) is 5.95 Å². The number of alkyl halides is 3. The first kappa shape index (κ1) is 19.6. The Kier molecular flexibility index (Phi) is 5.77. The number of halogens is 4. The van der Waals surface area contributed by atoms with Gasteiger partial charge >= 0.3 is 6.18 Å². The fourth-order valence-corrected chi connectivity index (χ4v) is 2.08. The van der Waals surface area contributed by atoms with Crippen molar-refractivity contribution in [3.63, 3.8) is 0 Å². The molecular formula is C13H13ClF3N7O2. The molecule has 0 atom stereocenters. The molecule has 1 N–H and O–H groups in total. The van der Waals surface area contributed by atoms with Gasteiger partial charge in [0.05, 0.1) is 28.9 Å². The van der Waals surface area contributed by atoms with Gasteiger partial charge in [-0.2, -0.15) is 13.2 Å². The Labute approximate surface area is 150 Å². The van der Waals surface area contributed by atoms with Crippen LogP contribution in [-0.4, -0.2) is 51.7 Å². The van der Waals surface area contributed by atoms with Gasteiger partial charge in [-0.05, 0) is 22.6 Å². The molecule has 0 aliphatic rings. The largest absolute Gasteiger partial charge is 0.418 e. The zero-order valence-corrected chi connectivity index (χ0v) is 14.5. The minimum absolute atomic E-state index is 0.00451. The number of hydrogen-bond donors (Lipinski definition) is 1. The second kappa shape index (κ2) is 7.66. The van der Waals surface area contributed by atoms with E-state index in [1.165, 1.54) is 25.9 Å². The van der Waals surface area contributed by atoms with Gasteiger partial charge in [0, 0.05) is 14.1 Å². The number of carbonyl (C=O) groups excluding carboxylic acids is 1. The highest BCUT2D eigenvalue weighted by atomic mass is 35.5. The van der Waals surface area contributed by atoms with Crippen LogP contribution in [0.15, 0.2) is 17.1 Å². The lowest BCUT2D eigenvalue weighted by molar-refractivity contribution is -0.137. The molecule has 0 radical (unpaired) electrons. The quantitative estimate of drug-likeness (QED) is 0.477. The average Bonchev–Trinajstić information content (AvgIpc) is 2.96. The number of anilines is 1. The van der Waals surface area contributed by atoms with E-state index in [0.717, 1.165) is 23.5 Å². The highest BCUT2D eigenvalue weighted by Crippen LogP contribution is 2.41. The maximum atomic E-state index is 13.2. The summed E-state index contributed by atoms with van der Waals surface area (Å²) in [7, 11) is 4.19. The standard InChI is InChI=1S/C13H13ClF3N7O2/c1-23(26-3)6-18-10-8(13(15,16)17)5-4-7(9(10)14)11(25)19-12-20-21-22-24(12)2/h4-6H,1-3H3,(H,19,20,22,25)/b18-6+. The molecule has 0 saturated heterocycles. The molecule has 9 nitrogen and oxygen atoms in total. The molecule has 26 heavy (non-hydrogen) atoms. The number of tetrazole rings is 1. The maximum absolute atomic E-state index is 13.2. The van der Waals surface area contributed by atoms with Crippen LogP contribution in [0.2, 0.25) is 5.02 Å². The lowest BCUT2D eigenvalue weighted by atomic mass is 10.1. The van der Waals surface area contributed by atoms with E-state index in [-0.39, 0.29) is 11.5 Å². The Morgan fingerprint density at radius 1 is 1.46 bits per heavy atom. The number of rotatable bonds is 5. The number of aromatic nitrogens is 4. The van der Waals surface area contributed by atoms with Crippen molar-refractivity contribution in [1.29, 1.82) is 0 Å². The monoisotopic (exact) mass is 391 g/mol. The van der Waals surface area contributed by atoms with E-state index in [1.54, 1.807) is 0 Å². The third-order valence-corrected chi connectivity index (χ3v) is 3.53. The lowest BCUT2D eigenvalue weighted by Crippen LogP contribution is -2.17. The van der Waals surface area contributed by atoms with Crippen molar-refractivity contribution in [2.24, 2.45) is 12.0 Å². The van der Waals surface area contributed by atoms with E-state index >= 15 is 0 Å². The second-order valence-corrected chi connectivity index (χ2v) is 5.25. The Balaban J connectivity index is 2.47. The van der Waals surface area contributed by atoms with E-state index in [4.69, 9.17) is 16.4 Å². The smallest absolute Gasteiger partial charge is 0.289 e. The molecule has 0 saturated carbocycles. The number of benzene rings is 1. The Bertz CT molecular complexity index is 838. The molecule has 0 unspecified atom stereocenters. The molecule has 0 aliphatic heterocycles. The van der Waals surface area contributed by atoms with Gasteiger partial charge in [0.15, 0.2) is 0 Å². The molecule has 1 aromatic carbocycles. The van der Waals surface area contributed by atoms with Crippen LogP contribution in [0.3, 0.4) is 0 Å². The van der Waals surface area contributed by atoms with Gasteiger partial charge in [-0.25, -0.2) is 14.7 Å². The van der Waals surface area contributed by atoms with Crippen molar-refractivity contribution >= 4 is 35.5 Å². The van der Waals surface area contributed by atoms with Crippen LogP contribution >= 0.6 is 11.6 Å². The Morgan fingerprint density at radius 2 is 2.15 bits per heavy atom. The summed E-state index contributed by atoms with van der Waals surface area (Å²) in [6.45, 7) is 0. The second-order valence-electron chi connectivity index (χ2n) is 4.87. The molecule has 1 amide bonds. The van der Waals surface area contributed by atoms with Crippen LogP contribution in [0, 0.1) is 0 Å². The van der Waals surface area contributed by atoms with Crippen molar-refractivity contribution < 1.29 is 22.8 Å². The molecule has 2 aromatic rings. The van der Waals surface area contributed by atoms with Crippen molar-refractivity contribution in [1.82, 2.24) is 25.3 Å². The van der Waals surface area contributed by atoms with Gasteiger partial charge in [-0.1, -0.05) is 16.7 Å². The minimum atomic E-state index is -4.72. The maximum Gasteiger partial charge on any atom is 0.418 e. The van der Waals surface area contributed by atoms with Gasteiger partial charge in [0.1, 0.15) is 6.34 Å². The third kappa shape index (κ3) is 4.26. The highest BCUT2D eigenvalue weighted by Gasteiger charge is 2.35. The van der Waals surface area contributed by atoms with Crippen LogP contribution in [0.1, 0.15) is 15.9 Å². The summed E-state index contributed by atoms with van der Waals surface area (Å²) < 4.78 is 40.8. The van der Waals surface area contributed by atoms with Crippen molar-refractivity contribution in [2.75, 3.05) is 19.5 Å². The molecule has 0 spiro atoms. The molecule has 2 rings (SSSR count). The molecular weight excluding hydrogens is 379 g/mol. The fraction of sp³-hybridized carbons (Fsp3) is 0.308. The summed E-state index contributed by atoms with van der Waals surface area (Å²) in [6.07, 6.45) is -3.73. The molecule has 0 aliphatic carbocycles. The summed E-state index contributed by atoms with van der Waals surface area (Å²) in [6, 6.07) is 1.67. The predicted molar refractivity (Wildman–Crippen MR) is 86.1 cm³/mol. The predicted octanol–water partition coefficient (Wildman–Crippen LogP) is 2.29. The number of amides is 1. The number of aryl methyl sites for hydroxylation is 1. The number of hydrogen-bond acceptors (Lipinski definition) is 6. The van der Waals surface area contributed by atoms with Crippen LogP contribution in [0.4, 0.5) is 24.8 Å². The number of nitrogens with one attached hydrogen (secondary N) is 1. The average molecular weight is 392 g/mol. The first-order valence-corrected chi connectivity index (χ1v) is 7.27. The van der Waals surface area contributed by atoms with Gasteiger partial charge in [-0.15, -0.1) is 0 Å². The summed E-state index contributed by atoms with van der Waals surface area (Å²) in [5, 5.41) is 13.3. The summed E-state index contributed by atoms with van der Waals surface area (Å²) in [5.74, 6) is -0.798. The molecule has 140 valence electrons. The van der Waals surface area contributed by atoms with Crippen LogP contribution in [0.5, 0.6) is 0 Å². The van der Waals surface area contributed by atoms with E-state index in [2.05, 4.69) is 25.8 Å². The SMILES string of the molecule is CON(C)/C=N/c1c(C(F)(F)F)ccc(C(=O)Nc2nnnn2C)c1Cl. The van der Waals surface area contributed by atoms with Crippen LogP contribution < -0.4 is 5.32 Å². The Hall–Kier alpha value is -2.73. The molecule has 0 bridgehead atoms. The van der Waals surface area contributed by atoms with E-state index in [1.807, 2.05) is 0 Å². The number of aliphatic imine (C=N–C) groups is 1. The van der Waals surface area contributed by atoms with Gasteiger partial charge < -0.3 is 0 Å². The summed E-state index contributed by atoms with van der Waals surface area (Å²) >= 11 is 6.03. The zero-order valence-electron chi connectivity index (χ0n) is 13.7.